The van der Waals surface area contributed by atoms with E-state index in [4.69, 9.17) is 4.98 Å². The van der Waals surface area contributed by atoms with Gasteiger partial charge in [0.15, 0.2) is 0 Å². The van der Waals surface area contributed by atoms with E-state index in [-0.39, 0.29) is 23.3 Å². The molecule has 33 heavy (non-hydrogen) atoms. The lowest BCUT2D eigenvalue weighted by atomic mass is 10.0. The molecule has 0 aliphatic rings. The Labute approximate surface area is 193 Å². The summed E-state index contributed by atoms with van der Waals surface area (Å²) in [7, 11) is -0.149. The minimum Gasteiger partial charge on any atom is -0.342 e. The summed E-state index contributed by atoms with van der Waals surface area (Å²) in [6, 6.07) is 23.8. The zero-order chi connectivity index (χ0) is 23.4. The Hall–Kier alpha value is -3.49. The van der Waals surface area contributed by atoms with E-state index >= 15 is 0 Å². The van der Waals surface area contributed by atoms with Crippen LogP contribution in [0.3, 0.4) is 0 Å². The van der Waals surface area contributed by atoms with Gasteiger partial charge in [-0.05, 0) is 48.9 Å². The second-order valence-corrected chi connectivity index (χ2v) is 9.67. The second-order valence-electron chi connectivity index (χ2n) is 7.78. The summed E-state index contributed by atoms with van der Waals surface area (Å²) in [5.74, 6) is 0.653. The summed E-state index contributed by atoms with van der Waals surface area (Å²) in [5, 5.41) is 3.14. The van der Waals surface area contributed by atoms with Crippen LogP contribution in [0, 0.1) is 0 Å². The molecule has 4 aromatic rings. The van der Waals surface area contributed by atoms with Crippen LogP contribution in [0.25, 0.3) is 11.0 Å². The number of nitrogens with one attached hydrogen (secondary N) is 2. The van der Waals surface area contributed by atoms with Gasteiger partial charge in [-0.2, -0.15) is 0 Å². The smallest absolute Gasteiger partial charge is 0.240 e. The molecular weight excluding hydrogens is 436 g/mol. The Morgan fingerprint density at radius 1 is 0.970 bits per heavy atom. The number of rotatable bonds is 8. The molecule has 0 radical (unpaired) electrons. The Morgan fingerprint density at radius 2 is 1.64 bits per heavy atom. The van der Waals surface area contributed by atoms with Gasteiger partial charge < -0.3 is 9.88 Å². The highest BCUT2D eigenvalue weighted by Gasteiger charge is 2.22. The van der Waals surface area contributed by atoms with Crippen molar-refractivity contribution in [3.8, 4) is 0 Å². The molecule has 1 unspecified atom stereocenters. The lowest BCUT2D eigenvalue weighted by Gasteiger charge is -2.19. The van der Waals surface area contributed by atoms with E-state index in [2.05, 4.69) is 10.0 Å². The van der Waals surface area contributed by atoms with Crippen LogP contribution in [-0.4, -0.2) is 30.9 Å². The number of nitrogens with zero attached hydrogens (tertiary/aromatic N) is 2. The van der Waals surface area contributed by atoms with E-state index in [1.54, 1.807) is 24.3 Å². The highest BCUT2D eigenvalue weighted by atomic mass is 32.2. The quantitative estimate of drug-likeness (QED) is 0.420. The number of aryl methyl sites for hydroxylation is 2. The van der Waals surface area contributed by atoms with Crippen LogP contribution >= 0.6 is 0 Å². The number of para-hydroxylation sites is 2. The fourth-order valence-corrected chi connectivity index (χ4v) is 4.54. The molecule has 1 heterocycles. The number of amides is 1. The number of hydrogen-bond acceptors (Lipinski definition) is 4. The third-order valence-electron chi connectivity index (χ3n) is 5.66. The number of carbonyl (C=O) groups is 1. The van der Waals surface area contributed by atoms with Crippen molar-refractivity contribution in [2.24, 2.45) is 7.05 Å². The number of imidazole rings is 1. The van der Waals surface area contributed by atoms with Gasteiger partial charge in [-0.1, -0.05) is 54.6 Å². The predicted molar refractivity (Wildman–Crippen MR) is 128 cm³/mol. The van der Waals surface area contributed by atoms with Gasteiger partial charge in [-0.3, -0.25) is 4.79 Å². The zero-order valence-corrected chi connectivity index (χ0v) is 19.3. The van der Waals surface area contributed by atoms with Gasteiger partial charge in [0.2, 0.25) is 15.9 Å². The van der Waals surface area contributed by atoms with Gasteiger partial charge in [-0.25, -0.2) is 18.1 Å². The first-order valence-electron chi connectivity index (χ1n) is 10.7. The minimum absolute atomic E-state index is 0.108. The Morgan fingerprint density at radius 3 is 2.30 bits per heavy atom. The van der Waals surface area contributed by atoms with Crippen LogP contribution in [0.4, 0.5) is 0 Å². The first-order chi connectivity index (χ1) is 15.9. The normalized spacial score (nSPS) is 12.5. The van der Waals surface area contributed by atoms with Gasteiger partial charge in [0.25, 0.3) is 0 Å². The maximum absolute atomic E-state index is 12.9. The Kier molecular flexibility index (Phi) is 6.57. The van der Waals surface area contributed by atoms with Gasteiger partial charge in [0, 0.05) is 13.5 Å². The molecule has 0 aliphatic carbocycles. The van der Waals surface area contributed by atoms with Crippen LogP contribution in [-0.2, 0) is 28.3 Å². The van der Waals surface area contributed by atoms with Gasteiger partial charge in [-0.15, -0.1) is 0 Å². The average Bonchev–Trinajstić information content (AvgIpc) is 3.18. The lowest BCUT2D eigenvalue weighted by Crippen LogP contribution is -2.31. The largest absolute Gasteiger partial charge is 0.342 e. The molecule has 170 valence electrons. The van der Waals surface area contributed by atoms with Crippen molar-refractivity contribution in [3.05, 3.63) is 95.8 Å². The predicted octanol–water partition coefficient (Wildman–Crippen LogP) is 3.32. The lowest BCUT2D eigenvalue weighted by molar-refractivity contribution is -0.121. The van der Waals surface area contributed by atoms with E-state index in [1.807, 2.05) is 66.2 Å². The second kappa shape index (κ2) is 9.56. The average molecular weight is 463 g/mol. The molecular formula is C25H26N4O3S. The van der Waals surface area contributed by atoms with Gasteiger partial charge >= 0.3 is 0 Å². The van der Waals surface area contributed by atoms with E-state index in [0.717, 1.165) is 28.0 Å². The van der Waals surface area contributed by atoms with Crippen molar-refractivity contribution >= 4 is 27.0 Å². The number of aromatic nitrogens is 2. The molecule has 8 heteroatoms. The van der Waals surface area contributed by atoms with E-state index < -0.39 is 10.0 Å². The van der Waals surface area contributed by atoms with Crippen molar-refractivity contribution in [1.82, 2.24) is 19.6 Å². The molecule has 1 aromatic heterocycles. The summed E-state index contributed by atoms with van der Waals surface area (Å²) in [4.78, 5) is 17.9. The van der Waals surface area contributed by atoms with Crippen LogP contribution in [0.15, 0.2) is 83.8 Å². The minimum atomic E-state index is -3.48. The zero-order valence-electron chi connectivity index (χ0n) is 18.5. The highest BCUT2D eigenvalue weighted by Crippen LogP contribution is 2.25. The van der Waals surface area contributed by atoms with Gasteiger partial charge in [0.05, 0.1) is 15.9 Å². The third kappa shape index (κ3) is 4.97. The van der Waals surface area contributed by atoms with Crippen molar-refractivity contribution < 1.29 is 13.2 Å². The number of fused-ring (bicyclic) bond motifs is 1. The number of benzene rings is 3. The van der Waals surface area contributed by atoms with E-state index in [9.17, 15) is 13.2 Å². The first-order valence-corrected chi connectivity index (χ1v) is 12.2. The van der Waals surface area contributed by atoms with Crippen molar-refractivity contribution in [1.29, 1.82) is 0 Å². The Balaban J connectivity index is 1.52. The maximum Gasteiger partial charge on any atom is 0.240 e. The fourth-order valence-electron chi connectivity index (χ4n) is 3.81. The molecule has 0 fully saturated rings. The molecule has 0 saturated carbocycles. The monoisotopic (exact) mass is 462 g/mol. The molecule has 0 bridgehead atoms. The molecule has 0 aliphatic heterocycles. The molecule has 7 nitrogen and oxygen atoms in total. The van der Waals surface area contributed by atoms with E-state index in [0.29, 0.717) is 6.42 Å². The molecule has 0 spiro atoms. The topological polar surface area (TPSA) is 93.1 Å². The molecule has 2 N–H and O–H groups in total. The van der Waals surface area contributed by atoms with Gasteiger partial charge in [0.1, 0.15) is 11.9 Å². The molecule has 1 amide bonds. The molecule has 4 rings (SSSR count). The van der Waals surface area contributed by atoms with Crippen LogP contribution in [0.5, 0.6) is 0 Å². The number of sulfonamides is 1. The maximum atomic E-state index is 12.9. The summed E-state index contributed by atoms with van der Waals surface area (Å²) in [5.41, 5.74) is 3.71. The van der Waals surface area contributed by atoms with Crippen LogP contribution in [0.2, 0.25) is 0 Å². The summed E-state index contributed by atoms with van der Waals surface area (Å²) < 4.78 is 28.1. The number of carbonyl (C=O) groups excluding carboxylic acids is 1. The summed E-state index contributed by atoms with van der Waals surface area (Å²) in [6.07, 6.45) is 0.765. The van der Waals surface area contributed by atoms with Crippen LogP contribution in [0.1, 0.15) is 29.4 Å². The van der Waals surface area contributed by atoms with Crippen LogP contribution < -0.4 is 10.0 Å². The first kappa shape index (κ1) is 22.7. The fraction of sp³-hybridized carbons (Fsp3) is 0.200. The third-order valence-corrected chi connectivity index (χ3v) is 7.09. The molecule has 0 saturated heterocycles. The highest BCUT2D eigenvalue weighted by molar-refractivity contribution is 7.89. The SMILES string of the molecule is CNS(=O)(=O)c1ccc(CCC(=O)NC(c2ccccc2)c2nc3ccccc3n2C)cc1. The Bertz CT molecular complexity index is 1360. The molecule has 1 atom stereocenters. The van der Waals surface area contributed by atoms with Crippen molar-refractivity contribution in [2.75, 3.05) is 7.05 Å². The standard InChI is InChI=1S/C25H26N4O3S/c1-26-33(31,32)20-15-12-18(13-16-20)14-17-23(30)28-24(19-8-4-3-5-9-19)25-27-21-10-6-7-11-22(21)29(25)2/h3-13,15-16,24,26H,14,17H2,1-2H3,(H,28,30). The van der Waals surface area contributed by atoms with Crippen molar-refractivity contribution in [2.45, 2.75) is 23.8 Å². The molecule has 3 aromatic carbocycles. The summed E-state index contributed by atoms with van der Waals surface area (Å²) in [6.45, 7) is 0. The van der Waals surface area contributed by atoms with E-state index in [1.165, 1.54) is 7.05 Å². The van der Waals surface area contributed by atoms with Crippen molar-refractivity contribution in [3.63, 3.8) is 0 Å². The summed E-state index contributed by atoms with van der Waals surface area (Å²) >= 11 is 0. The number of hydrogen-bond donors (Lipinski definition) is 2.